The molecule has 0 bridgehead atoms. The first kappa shape index (κ1) is 27.6. The average Bonchev–Trinajstić information content (AvgIpc) is 3.11. The molecule has 1 aromatic rings. The van der Waals surface area contributed by atoms with Crippen LogP contribution in [-0.4, -0.2) is 59.6 Å². The van der Waals surface area contributed by atoms with Gasteiger partial charge in [0.2, 0.25) is 0 Å². The summed E-state index contributed by atoms with van der Waals surface area (Å²) in [7, 11) is 0. The summed E-state index contributed by atoms with van der Waals surface area (Å²) in [5, 5.41) is 3.87. The molecule has 0 radical (unpaired) electrons. The van der Waals surface area contributed by atoms with Gasteiger partial charge in [0.15, 0.2) is 5.17 Å². The summed E-state index contributed by atoms with van der Waals surface area (Å²) in [4.78, 5) is 33.2. The fraction of sp³-hybridized carbons (Fsp3) is 0.522. The smallest absolute Gasteiger partial charge is 0.307 e. The number of aliphatic imine (C=N–C) groups is 1. The second-order valence-corrected chi connectivity index (χ2v) is 10.5. The number of nitrogens with zero attached hydrogens (tertiary/aromatic N) is 2. The summed E-state index contributed by atoms with van der Waals surface area (Å²) in [6, 6.07) is 7.64. The number of thioether (sulfide) groups is 2. The van der Waals surface area contributed by atoms with Crippen molar-refractivity contribution in [1.82, 2.24) is 4.90 Å². The Hall–Kier alpha value is -1.68. The zero-order chi connectivity index (χ0) is 23.1. The number of rotatable bonds is 9. The van der Waals surface area contributed by atoms with Gasteiger partial charge in [-0.05, 0) is 70.1 Å². The monoisotopic (exact) mass is 513 g/mol. The van der Waals surface area contributed by atoms with Crippen molar-refractivity contribution >= 4 is 58.7 Å². The number of anilines is 1. The number of nitrogens with one attached hydrogen (secondary N) is 1. The third-order valence-corrected chi connectivity index (χ3v) is 6.73. The normalized spacial score (nSPS) is 15.5. The maximum absolute atomic E-state index is 13.0. The zero-order valence-electron chi connectivity index (χ0n) is 19.5. The van der Waals surface area contributed by atoms with Gasteiger partial charge >= 0.3 is 5.97 Å². The molecule has 0 aromatic heterocycles. The zero-order valence-corrected chi connectivity index (χ0v) is 22.0. The molecule has 3 rings (SSSR count). The Kier molecular flexibility index (Phi) is 10.6. The summed E-state index contributed by atoms with van der Waals surface area (Å²) in [6.45, 7) is 10.2. The number of hydrogen-bond acceptors (Lipinski definition) is 8. The van der Waals surface area contributed by atoms with E-state index >= 15 is 0 Å². The van der Waals surface area contributed by atoms with Gasteiger partial charge in [-0.3, -0.25) is 14.6 Å². The standard InChI is InChI=1S/C23H31N3O4S2.ClH/c1-5-29-15-18-20(32-22-24-12-6-13-26(18)22)21(28)25-16-7-9-17(10-8-16)31-14-11-19(27)30-23(2,3)4;/h7-10H,5-6,11-15H2,1-4H3,(H,25,28);1H. The van der Waals surface area contributed by atoms with E-state index in [1.807, 2.05) is 52.0 Å². The molecule has 10 heteroatoms. The second kappa shape index (κ2) is 12.7. The van der Waals surface area contributed by atoms with Crippen molar-refractivity contribution in [3.8, 4) is 0 Å². The van der Waals surface area contributed by atoms with Gasteiger partial charge in [-0.25, -0.2) is 0 Å². The molecule has 0 unspecified atom stereocenters. The fourth-order valence-corrected chi connectivity index (χ4v) is 5.10. The van der Waals surface area contributed by atoms with Crippen LogP contribution in [0.4, 0.5) is 5.69 Å². The van der Waals surface area contributed by atoms with E-state index in [1.165, 1.54) is 11.8 Å². The van der Waals surface area contributed by atoms with Gasteiger partial charge < -0.3 is 19.7 Å². The van der Waals surface area contributed by atoms with E-state index < -0.39 is 5.60 Å². The SMILES string of the molecule is CCOCC1=C(C(=O)Nc2ccc(SCCC(=O)OC(C)(C)C)cc2)SC2=NCCCN21.Cl. The molecule has 182 valence electrons. The number of esters is 1. The Morgan fingerprint density at radius 1 is 1.24 bits per heavy atom. The van der Waals surface area contributed by atoms with E-state index in [4.69, 9.17) is 9.47 Å². The lowest BCUT2D eigenvalue weighted by molar-refractivity contribution is -0.154. The number of amides is 1. The molecule has 2 heterocycles. The van der Waals surface area contributed by atoms with Crippen LogP contribution in [0, 0.1) is 0 Å². The Bertz CT molecular complexity index is 898. The molecular weight excluding hydrogens is 482 g/mol. The highest BCUT2D eigenvalue weighted by Gasteiger charge is 2.34. The maximum atomic E-state index is 13.0. The third-order valence-electron chi connectivity index (χ3n) is 4.56. The van der Waals surface area contributed by atoms with Crippen LogP contribution in [0.1, 0.15) is 40.5 Å². The van der Waals surface area contributed by atoms with Crippen molar-refractivity contribution < 1.29 is 19.1 Å². The topological polar surface area (TPSA) is 80.2 Å². The highest BCUT2D eigenvalue weighted by molar-refractivity contribution is 8.18. The Morgan fingerprint density at radius 3 is 2.64 bits per heavy atom. The summed E-state index contributed by atoms with van der Waals surface area (Å²) in [5.74, 6) is 0.301. The molecule has 1 aromatic carbocycles. The summed E-state index contributed by atoms with van der Waals surface area (Å²) >= 11 is 3.00. The number of ether oxygens (including phenoxy) is 2. The predicted octanol–water partition coefficient (Wildman–Crippen LogP) is 4.93. The summed E-state index contributed by atoms with van der Waals surface area (Å²) < 4.78 is 10.9. The van der Waals surface area contributed by atoms with Gasteiger partial charge in [0.25, 0.3) is 5.91 Å². The Morgan fingerprint density at radius 2 is 1.97 bits per heavy atom. The molecule has 0 spiro atoms. The van der Waals surface area contributed by atoms with E-state index in [9.17, 15) is 9.59 Å². The largest absolute Gasteiger partial charge is 0.460 e. The van der Waals surface area contributed by atoms with Crippen LogP contribution >= 0.6 is 35.9 Å². The van der Waals surface area contributed by atoms with Crippen molar-refractivity contribution in [3.63, 3.8) is 0 Å². The molecule has 0 saturated carbocycles. The molecule has 1 amide bonds. The van der Waals surface area contributed by atoms with Crippen LogP contribution in [0.25, 0.3) is 0 Å². The van der Waals surface area contributed by atoms with Crippen molar-refractivity contribution in [3.05, 3.63) is 34.9 Å². The highest BCUT2D eigenvalue weighted by atomic mass is 35.5. The number of benzene rings is 1. The fourth-order valence-electron chi connectivity index (χ4n) is 3.18. The molecule has 7 nitrogen and oxygen atoms in total. The third kappa shape index (κ3) is 8.24. The molecule has 1 N–H and O–H groups in total. The van der Waals surface area contributed by atoms with E-state index in [-0.39, 0.29) is 24.3 Å². The minimum absolute atomic E-state index is 0. The molecule has 0 aliphatic carbocycles. The van der Waals surface area contributed by atoms with Crippen LogP contribution < -0.4 is 5.32 Å². The van der Waals surface area contributed by atoms with Crippen LogP contribution in [0.15, 0.2) is 44.8 Å². The van der Waals surface area contributed by atoms with Gasteiger partial charge in [-0.1, -0.05) is 0 Å². The van der Waals surface area contributed by atoms with Gasteiger partial charge in [0, 0.05) is 36.0 Å². The molecule has 2 aliphatic rings. The van der Waals surface area contributed by atoms with Gasteiger partial charge in [0.1, 0.15) is 10.5 Å². The van der Waals surface area contributed by atoms with Crippen LogP contribution in [0.3, 0.4) is 0 Å². The van der Waals surface area contributed by atoms with Crippen LogP contribution in [0.5, 0.6) is 0 Å². The number of hydrogen-bond donors (Lipinski definition) is 1. The lowest BCUT2D eigenvalue weighted by Crippen LogP contribution is -2.31. The minimum Gasteiger partial charge on any atom is -0.460 e. The van der Waals surface area contributed by atoms with Gasteiger partial charge in [-0.15, -0.1) is 24.2 Å². The lowest BCUT2D eigenvalue weighted by Gasteiger charge is -2.25. The van der Waals surface area contributed by atoms with Crippen molar-refractivity contribution in [2.45, 2.75) is 51.0 Å². The van der Waals surface area contributed by atoms with E-state index in [0.717, 1.165) is 41.0 Å². The first-order valence-corrected chi connectivity index (χ1v) is 12.6. The van der Waals surface area contributed by atoms with Gasteiger partial charge in [0.05, 0.1) is 18.7 Å². The summed E-state index contributed by atoms with van der Waals surface area (Å²) in [6.07, 6.45) is 1.33. The Balaban J connectivity index is 0.00000385. The Labute approximate surface area is 210 Å². The number of fused-ring (bicyclic) bond motifs is 1. The molecule has 0 saturated heterocycles. The first-order valence-electron chi connectivity index (χ1n) is 10.8. The average molecular weight is 514 g/mol. The second-order valence-electron chi connectivity index (χ2n) is 8.35. The van der Waals surface area contributed by atoms with Crippen molar-refractivity contribution in [1.29, 1.82) is 0 Å². The number of halogens is 1. The molecule has 0 atom stereocenters. The minimum atomic E-state index is -0.460. The van der Waals surface area contributed by atoms with Crippen molar-refractivity contribution in [2.24, 2.45) is 4.99 Å². The predicted molar refractivity (Wildman–Crippen MR) is 138 cm³/mol. The highest BCUT2D eigenvalue weighted by Crippen LogP contribution is 2.37. The summed E-state index contributed by atoms with van der Waals surface area (Å²) in [5.41, 5.74) is 1.16. The number of carbonyl (C=O) groups excluding carboxylic acids is 2. The number of amidine groups is 1. The van der Waals surface area contributed by atoms with E-state index in [1.54, 1.807) is 11.8 Å². The van der Waals surface area contributed by atoms with E-state index in [0.29, 0.717) is 30.3 Å². The first-order chi connectivity index (χ1) is 15.3. The van der Waals surface area contributed by atoms with E-state index in [2.05, 4.69) is 15.2 Å². The quantitative estimate of drug-likeness (QED) is 0.370. The number of carbonyl (C=O) groups is 2. The molecular formula is C23H32ClN3O4S2. The lowest BCUT2D eigenvalue weighted by atomic mass is 10.2. The molecule has 2 aliphatic heterocycles. The van der Waals surface area contributed by atoms with Crippen molar-refractivity contribution in [2.75, 3.05) is 37.4 Å². The van der Waals surface area contributed by atoms with Crippen LogP contribution in [-0.2, 0) is 19.1 Å². The maximum Gasteiger partial charge on any atom is 0.307 e. The molecule has 0 fully saturated rings. The van der Waals surface area contributed by atoms with Gasteiger partial charge in [-0.2, -0.15) is 0 Å². The molecule has 33 heavy (non-hydrogen) atoms. The van der Waals surface area contributed by atoms with Crippen LogP contribution in [0.2, 0.25) is 0 Å².